The molecule has 0 spiro atoms. The monoisotopic (exact) mass is 267 g/mol. The quantitative estimate of drug-likeness (QED) is 0.791. The third-order valence-electron chi connectivity index (χ3n) is 2.28. The number of carbonyl (C=O) groups is 2. The molecule has 0 heterocycles. The molecule has 1 aromatic carbocycles. The summed E-state index contributed by atoms with van der Waals surface area (Å²) in [7, 11) is 0. The Morgan fingerprint density at radius 2 is 1.94 bits per heavy atom. The number of hydrogen-bond acceptors (Lipinski definition) is 3. The first-order valence-corrected chi connectivity index (χ1v) is 6.85. The van der Waals surface area contributed by atoms with Crippen LogP contribution in [0.2, 0.25) is 0 Å². The molecule has 5 heteroatoms. The largest absolute Gasteiger partial charge is 0.481 e. The van der Waals surface area contributed by atoms with E-state index in [2.05, 4.69) is 5.32 Å². The van der Waals surface area contributed by atoms with E-state index in [1.807, 2.05) is 31.2 Å². The maximum absolute atomic E-state index is 11.3. The van der Waals surface area contributed by atoms with Crippen LogP contribution >= 0.6 is 11.8 Å². The molecule has 4 nitrogen and oxygen atoms in total. The minimum atomic E-state index is -0.900. The highest BCUT2D eigenvalue weighted by Gasteiger charge is 2.03. The number of nitrogens with one attached hydrogen (secondary N) is 1. The molecular weight excluding hydrogens is 250 g/mol. The third-order valence-corrected chi connectivity index (χ3v) is 3.29. The molecule has 0 fully saturated rings. The van der Waals surface area contributed by atoms with Gasteiger partial charge in [-0.15, -0.1) is 11.8 Å². The average molecular weight is 267 g/mol. The number of hydrogen-bond donors (Lipinski definition) is 2. The molecule has 0 aliphatic carbocycles. The summed E-state index contributed by atoms with van der Waals surface area (Å²) in [6.07, 6.45) is -0.0334. The van der Waals surface area contributed by atoms with Crippen LogP contribution in [0.5, 0.6) is 0 Å². The molecule has 1 amide bonds. The molecule has 18 heavy (non-hydrogen) atoms. The molecule has 0 unspecified atom stereocenters. The van der Waals surface area contributed by atoms with Crippen LogP contribution in [0.25, 0.3) is 0 Å². The second kappa shape index (κ2) is 7.76. The Hall–Kier alpha value is -1.49. The van der Waals surface area contributed by atoms with E-state index in [1.165, 1.54) is 22.9 Å². The van der Waals surface area contributed by atoms with Crippen LogP contribution in [0, 0.1) is 6.92 Å². The van der Waals surface area contributed by atoms with Gasteiger partial charge in [-0.05, 0) is 12.5 Å². The van der Waals surface area contributed by atoms with Crippen molar-refractivity contribution in [3.05, 3.63) is 35.4 Å². The van der Waals surface area contributed by atoms with Crippen LogP contribution in [0.4, 0.5) is 0 Å². The van der Waals surface area contributed by atoms with Crippen molar-refractivity contribution in [3.8, 4) is 0 Å². The van der Waals surface area contributed by atoms with Gasteiger partial charge in [-0.25, -0.2) is 0 Å². The van der Waals surface area contributed by atoms with E-state index in [4.69, 9.17) is 5.11 Å². The van der Waals surface area contributed by atoms with Gasteiger partial charge in [0.05, 0.1) is 12.2 Å². The zero-order valence-electron chi connectivity index (χ0n) is 10.3. The summed E-state index contributed by atoms with van der Waals surface area (Å²) in [5.74, 6) is 0.121. The summed E-state index contributed by atoms with van der Waals surface area (Å²) in [5, 5.41) is 11.0. The normalized spacial score (nSPS) is 10.1. The molecule has 2 N–H and O–H groups in total. The highest BCUT2D eigenvalue weighted by molar-refractivity contribution is 7.99. The van der Waals surface area contributed by atoms with E-state index < -0.39 is 5.97 Å². The molecule has 0 saturated heterocycles. The van der Waals surface area contributed by atoms with Crippen molar-refractivity contribution in [1.29, 1.82) is 0 Å². The lowest BCUT2D eigenvalue weighted by Crippen LogP contribution is -2.27. The lowest BCUT2D eigenvalue weighted by atomic mass is 10.2. The zero-order chi connectivity index (χ0) is 13.4. The Morgan fingerprint density at radius 1 is 1.28 bits per heavy atom. The Morgan fingerprint density at radius 3 is 2.56 bits per heavy atom. The average Bonchev–Trinajstić information content (AvgIpc) is 2.31. The van der Waals surface area contributed by atoms with E-state index >= 15 is 0 Å². The zero-order valence-corrected chi connectivity index (χ0v) is 11.1. The van der Waals surface area contributed by atoms with Crippen molar-refractivity contribution in [1.82, 2.24) is 5.32 Å². The molecular formula is C13H17NO3S. The minimum absolute atomic E-state index is 0.0334. The Labute approximate surface area is 111 Å². The summed E-state index contributed by atoms with van der Waals surface area (Å²) in [4.78, 5) is 21.6. The number of carboxylic acid groups (broad SMARTS) is 1. The van der Waals surface area contributed by atoms with Gasteiger partial charge >= 0.3 is 5.97 Å². The number of aliphatic carboxylic acids is 1. The number of amides is 1. The Balaban J connectivity index is 2.15. The van der Waals surface area contributed by atoms with E-state index in [9.17, 15) is 9.59 Å². The van der Waals surface area contributed by atoms with Gasteiger partial charge in [0.25, 0.3) is 0 Å². The van der Waals surface area contributed by atoms with Gasteiger partial charge < -0.3 is 10.4 Å². The van der Waals surface area contributed by atoms with Crippen LogP contribution < -0.4 is 5.32 Å². The Kier molecular flexibility index (Phi) is 6.28. The van der Waals surface area contributed by atoms with Crippen LogP contribution in [0.1, 0.15) is 17.5 Å². The van der Waals surface area contributed by atoms with Gasteiger partial charge in [-0.2, -0.15) is 0 Å². The molecule has 98 valence electrons. The summed E-state index contributed by atoms with van der Waals surface area (Å²) in [6.45, 7) is 2.23. The lowest BCUT2D eigenvalue weighted by Gasteiger charge is -2.04. The van der Waals surface area contributed by atoms with E-state index in [1.54, 1.807) is 0 Å². The van der Waals surface area contributed by atoms with E-state index in [-0.39, 0.29) is 18.9 Å². The smallest absolute Gasteiger partial charge is 0.305 e. The SMILES string of the molecule is Cc1ccc(CSCC(=O)NCCC(=O)O)cc1. The predicted molar refractivity (Wildman–Crippen MR) is 72.6 cm³/mol. The van der Waals surface area contributed by atoms with Gasteiger partial charge in [0, 0.05) is 12.3 Å². The topological polar surface area (TPSA) is 66.4 Å². The Bertz CT molecular complexity index is 403. The highest BCUT2D eigenvalue weighted by Crippen LogP contribution is 2.12. The standard InChI is InChI=1S/C13H17NO3S/c1-10-2-4-11(5-3-10)8-18-9-12(15)14-7-6-13(16)17/h2-5H,6-9H2,1H3,(H,14,15)(H,16,17). The molecule has 1 aromatic rings. The van der Waals surface area contributed by atoms with Crippen molar-refractivity contribution in [2.24, 2.45) is 0 Å². The van der Waals surface area contributed by atoms with Crippen molar-refractivity contribution in [2.45, 2.75) is 19.1 Å². The second-order valence-corrected chi connectivity index (χ2v) is 4.96. The number of thioether (sulfide) groups is 1. The van der Waals surface area contributed by atoms with Gasteiger partial charge in [0.2, 0.25) is 5.91 Å². The highest BCUT2D eigenvalue weighted by atomic mass is 32.2. The fraction of sp³-hybridized carbons (Fsp3) is 0.385. The maximum atomic E-state index is 11.3. The number of aryl methyl sites for hydroxylation is 1. The number of carbonyl (C=O) groups excluding carboxylic acids is 1. The predicted octanol–water partition coefficient (Wildman–Crippen LogP) is 1.82. The molecule has 0 saturated carbocycles. The van der Waals surface area contributed by atoms with E-state index in [0.29, 0.717) is 5.75 Å². The molecule has 0 aliphatic heterocycles. The van der Waals surface area contributed by atoms with Crippen molar-refractivity contribution in [3.63, 3.8) is 0 Å². The minimum Gasteiger partial charge on any atom is -0.481 e. The molecule has 0 radical (unpaired) electrons. The second-order valence-electron chi connectivity index (χ2n) is 3.97. The first-order chi connectivity index (χ1) is 8.58. The van der Waals surface area contributed by atoms with Crippen LogP contribution in [-0.2, 0) is 15.3 Å². The fourth-order valence-corrected chi connectivity index (χ4v) is 2.12. The van der Waals surface area contributed by atoms with Gasteiger partial charge in [0.15, 0.2) is 0 Å². The first kappa shape index (κ1) is 14.6. The van der Waals surface area contributed by atoms with Gasteiger partial charge in [-0.3, -0.25) is 9.59 Å². The first-order valence-electron chi connectivity index (χ1n) is 5.69. The molecule has 0 bridgehead atoms. The number of rotatable bonds is 7. The lowest BCUT2D eigenvalue weighted by molar-refractivity contribution is -0.136. The van der Waals surface area contributed by atoms with Crippen LogP contribution in [0.15, 0.2) is 24.3 Å². The summed E-state index contributed by atoms with van der Waals surface area (Å²) in [6, 6.07) is 8.18. The van der Waals surface area contributed by atoms with Crippen molar-refractivity contribution < 1.29 is 14.7 Å². The van der Waals surface area contributed by atoms with Crippen molar-refractivity contribution in [2.75, 3.05) is 12.3 Å². The van der Waals surface area contributed by atoms with E-state index in [0.717, 1.165) is 5.75 Å². The molecule has 0 atom stereocenters. The van der Waals surface area contributed by atoms with Gasteiger partial charge in [0.1, 0.15) is 0 Å². The van der Waals surface area contributed by atoms with Crippen molar-refractivity contribution >= 4 is 23.6 Å². The van der Waals surface area contributed by atoms with Gasteiger partial charge in [-0.1, -0.05) is 29.8 Å². The number of carboxylic acids is 1. The van der Waals surface area contributed by atoms with Crippen LogP contribution in [-0.4, -0.2) is 29.3 Å². The summed E-state index contributed by atoms with van der Waals surface area (Å²) >= 11 is 1.52. The molecule has 0 aliphatic rings. The maximum Gasteiger partial charge on any atom is 0.305 e. The number of benzene rings is 1. The van der Waals surface area contributed by atoms with Crippen LogP contribution in [0.3, 0.4) is 0 Å². The summed E-state index contributed by atoms with van der Waals surface area (Å²) < 4.78 is 0. The summed E-state index contributed by atoms with van der Waals surface area (Å²) in [5.41, 5.74) is 2.40. The molecule has 1 rings (SSSR count). The molecule has 0 aromatic heterocycles. The fourth-order valence-electron chi connectivity index (χ4n) is 1.31. The third kappa shape index (κ3) is 6.30.